The van der Waals surface area contributed by atoms with Crippen molar-refractivity contribution >= 4 is 28.5 Å². The summed E-state index contributed by atoms with van der Waals surface area (Å²) in [5.41, 5.74) is 0.517. The number of benzene rings is 1. The minimum atomic E-state index is -3.83. The lowest BCUT2D eigenvalue weighted by Gasteiger charge is -2.32. The average molecular weight is 420 g/mol. The van der Waals surface area contributed by atoms with E-state index in [1.54, 1.807) is 4.90 Å². The van der Waals surface area contributed by atoms with Crippen LogP contribution in [0.25, 0.3) is 0 Å². The fraction of sp³-hybridized carbons (Fsp3) is 0.650. The number of hydrogen-bond donors (Lipinski definition) is 1. The van der Waals surface area contributed by atoms with Crippen LogP contribution in [0.15, 0.2) is 17.0 Å². The lowest BCUT2D eigenvalue weighted by Crippen LogP contribution is -2.41. The lowest BCUT2D eigenvalue weighted by molar-refractivity contribution is 0.00578. The fourth-order valence-electron chi connectivity index (χ4n) is 4.06. The maximum Gasteiger partial charge on any atom is 0.494 e. The van der Waals surface area contributed by atoms with Gasteiger partial charge in [-0.1, -0.05) is 6.07 Å². The van der Waals surface area contributed by atoms with Crippen LogP contribution in [0.2, 0.25) is 0 Å². The van der Waals surface area contributed by atoms with Crippen molar-refractivity contribution in [3.8, 4) is 0 Å². The Morgan fingerprint density at radius 3 is 2.28 bits per heavy atom. The van der Waals surface area contributed by atoms with E-state index in [-0.39, 0.29) is 22.4 Å². The van der Waals surface area contributed by atoms with Gasteiger partial charge in [0, 0.05) is 12.6 Å². The van der Waals surface area contributed by atoms with E-state index in [4.69, 9.17) is 9.31 Å². The van der Waals surface area contributed by atoms with E-state index in [9.17, 15) is 13.2 Å². The Kier molecular flexibility index (Phi) is 4.70. The molecular weight excluding hydrogens is 391 g/mol. The summed E-state index contributed by atoms with van der Waals surface area (Å²) in [7, 11) is -3.17. The highest BCUT2D eigenvalue weighted by atomic mass is 32.2. The Hall–Kier alpha value is -1.42. The zero-order valence-electron chi connectivity index (χ0n) is 17.9. The molecule has 4 rings (SSSR count). The van der Waals surface area contributed by atoms with E-state index in [0.29, 0.717) is 23.5 Å². The van der Waals surface area contributed by atoms with Crippen LogP contribution in [-0.2, 0) is 25.9 Å². The van der Waals surface area contributed by atoms with Crippen LogP contribution < -0.4 is 10.2 Å². The van der Waals surface area contributed by atoms with Gasteiger partial charge in [0.05, 0.1) is 21.7 Å². The van der Waals surface area contributed by atoms with E-state index >= 15 is 0 Å². The van der Waals surface area contributed by atoms with Crippen LogP contribution in [-0.4, -0.2) is 50.6 Å². The van der Waals surface area contributed by atoms with Crippen molar-refractivity contribution in [2.75, 3.05) is 7.05 Å². The highest BCUT2D eigenvalue weighted by Crippen LogP contribution is 2.40. The molecule has 1 aliphatic carbocycles. The molecule has 1 unspecified atom stereocenters. The molecule has 0 spiro atoms. The predicted octanol–water partition coefficient (Wildman–Crippen LogP) is 1.65. The van der Waals surface area contributed by atoms with Gasteiger partial charge in [0.1, 0.15) is 0 Å². The molecule has 0 bridgehead atoms. The molecule has 158 valence electrons. The molecule has 9 heteroatoms. The molecule has 1 aromatic carbocycles. The minimum Gasteiger partial charge on any atom is -0.399 e. The minimum absolute atomic E-state index is 0.00212. The lowest BCUT2D eigenvalue weighted by atomic mass is 9.78. The highest BCUT2D eigenvalue weighted by Gasteiger charge is 2.52. The quantitative estimate of drug-likeness (QED) is 0.733. The van der Waals surface area contributed by atoms with Gasteiger partial charge in [0.2, 0.25) is 10.0 Å². The first-order chi connectivity index (χ1) is 13.4. The first-order valence-electron chi connectivity index (χ1n) is 10.1. The molecule has 1 saturated carbocycles. The molecule has 3 aliphatic rings. The van der Waals surface area contributed by atoms with Crippen LogP contribution in [0.1, 0.15) is 63.4 Å². The molecule has 2 aliphatic heterocycles. The second-order valence-corrected chi connectivity index (χ2v) is 11.2. The summed E-state index contributed by atoms with van der Waals surface area (Å²) in [4.78, 5) is 15.0. The topological polar surface area (TPSA) is 84.9 Å². The van der Waals surface area contributed by atoms with Gasteiger partial charge < -0.3 is 14.2 Å². The molecule has 7 nitrogen and oxygen atoms in total. The third kappa shape index (κ3) is 3.32. The van der Waals surface area contributed by atoms with Crippen molar-refractivity contribution in [1.82, 2.24) is 9.62 Å². The molecule has 1 amide bonds. The van der Waals surface area contributed by atoms with Crippen molar-refractivity contribution in [3.63, 3.8) is 0 Å². The van der Waals surface area contributed by atoms with Crippen LogP contribution in [0.4, 0.5) is 0 Å². The van der Waals surface area contributed by atoms with E-state index in [0.717, 1.165) is 12.8 Å². The van der Waals surface area contributed by atoms with Gasteiger partial charge in [0.15, 0.2) is 0 Å². The molecular formula is C20H29BN2O5S. The first-order valence-corrected chi connectivity index (χ1v) is 11.6. The number of nitrogens with one attached hydrogen (secondary N) is 1. The van der Waals surface area contributed by atoms with Gasteiger partial charge in [-0.05, 0) is 77.5 Å². The predicted molar refractivity (Wildman–Crippen MR) is 110 cm³/mol. The van der Waals surface area contributed by atoms with E-state index in [1.807, 2.05) is 40.7 Å². The third-order valence-corrected chi connectivity index (χ3v) is 8.34. The summed E-state index contributed by atoms with van der Waals surface area (Å²) >= 11 is 0. The van der Waals surface area contributed by atoms with Crippen molar-refractivity contribution < 1.29 is 22.5 Å². The average Bonchev–Trinajstić information content (AvgIpc) is 3.39. The SMILES string of the molecule is CNS(=O)(=O)c1cc(B2OC(C)(C)C(C)(C)O2)cc2c1C(=O)N(C(C)C1CC1)C2. The van der Waals surface area contributed by atoms with Crippen molar-refractivity contribution in [2.24, 2.45) is 5.92 Å². The molecule has 1 aromatic rings. The molecule has 0 aromatic heterocycles. The Balaban J connectivity index is 1.79. The summed E-state index contributed by atoms with van der Waals surface area (Å²) in [6, 6.07) is 3.49. The molecule has 2 heterocycles. The molecule has 1 N–H and O–H groups in total. The number of carbonyl (C=O) groups is 1. The second kappa shape index (κ2) is 6.54. The number of nitrogens with zero attached hydrogens (tertiary/aromatic N) is 1. The van der Waals surface area contributed by atoms with Gasteiger partial charge in [-0.2, -0.15) is 0 Å². The maximum atomic E-state index is 13.2. The summed E-state index contributed by atoms with van der Waals surface area (Å²) in [6.45, 7) is 10.3. The molecule has 0 radical (unpaired) electrons. The molecule has 2 fully saturated rings. The van der Waals surface area contributed by atoms with Crippen molar-refractivity contribution in [1.29, 1.82) is 0 Å². The largest absolute Gasteiger partial charge is 0.494 e. The molecule has 29 heavy (non-hydrogen) atoms. The fourth-order valence-corrected chi connectivity index (χ4v) is 5.06. The monoisotopic (exact) mass is 420 g/mol. The van der Waals surface area contributed by atoms with Gasteiger partial charge in [-0.3, -0.25) is 4.79 Å². The second-order valence-electron chi connectivity index (χ2n) is 9.36. The Morgan fingerprint density at radius 1 is 1.17 bits per heavy atom. The number of amides is 1. The van der Waals surface area contributed by atoms with Crippen molar-refractivity contribution in [2.45, 2.75) is 76.1 Å². The van der Waals surface area contributed by atoms with Crippen molar-refractivity contribution in [3.05, 3.63) is 23.3 Å². The van der Waals surface area contributed by atoms with E-state index < -0.39 is 28.3 Å². The summed E-state index contributed by atoms with van der Waals surface area (Å²) in [6.07, 6.45) is 2.23. The van der Waals surface area contributed by atoms with Crippen LogP contribution in [0.3, 0.4) is 0 Å². The zero-order chi connectivity index (χ0) is 21.4. The molecule has 1 atom stereocenters. The zero-order valence-corrected chi connectivity index (χ0v) is 18.7. The summed E-state index contributed by atoms with van der Waals surface area (Å²) in [5, 5.41) is 0. The maximum absolute atomic E-state index is 13.2. The Bertz CT molecular complexity index is 955. The smallest absolute Gasteiger partial charge is 0.399 e. The Labute approximate surface area is 173 Å². The molecule has 1 saturated heterocycles. The van der Waals surface area contributed by atoms with Gasteiger partial charge >= 0.3 is 7.12 Å². The first kappa shape index (κ1) is 20.8. The Morgan fingerprint density at radius 2 is 1.76 bits per heavy atom. The number of hydrogen-bond acceptors (Lipinski definition) is 5. The van der Waals surface area contributed by atoms with Crippen LogP contribution in [0, 0.1) is 5.92 Å². The number of sulfonamides is 1. The van der Waals surface area contributed by atoms with Gasteiger partial charge in [-0.15, -0.1) is 0 Å². The standard InChI is InChI=1S/C20H29BN2O5S/c1-12(13-7-8-13)23-11-14-9-15(21-27-19(2,3)20(4,5)28-21)10-16(17(14)18(23)24)29(25,26)22-6/h9-10,12-13,22H,7-8,11H2,1-6H3. The van der Waals surface area contributed by atoms with Gasteiger partial charge in [-0.25, -0.2) is 13.1 Å². The van der Waals surface area contributed by atoms with Crippen LogP contribution >= 0.6 is 0 Å². The van der Waals surface area contributed by atoms with Gasteiger partial charge in [0.25, 0.3) is 5.91 Å². The van der Waals surface area contributed by atoms with E-state index in [1.165, 1.54) is 13.1 Å². The number of carbonyl (C=O) groups excluding carboxylic acids is 1. The number of fused-ring (bicyclic) bond motifs is 1. The summed E-state index contributed by atoms with van der Waals surface area (Å²) in [5.74, 6) is 0.286. The summed E-state index contributed by atoms with van der Waals surface area (Å²) < 4.78 is 40.2. The highest BCUT2D eigenvalue weighted by molar-refractivity contribution is 7.89. The van der Waals surface area contributed by atoms with E-state index in [2.05, 4.69) is 4.72 Å². The number of rotatable bonds is 5. The third-order valence-electron chi connectivity index (χ3n) is 6.90. The normalized spacial score (nSPS) is 24.1. The van der Waals surface area contributed by atoms with Crippen LogP contribution in [0.5, 0.6) is 0 Å².